The fourth-order valence-electron chi connectivity index (χ4n) is 3.15. The van der Waals surface area contributed by atoms with E-state index in [1.54, 1.807) is 22.1 Å². The molecule has 0 fully saturated rings. The Balaban J connectivity index is 1.42. The highest BCUT2D eigenvalue weighted by Crippen LogP contribution is 2.26. The molecule has 0 saturated carbocycles. The average molecular weight is 410 g/mol. The van der Waals surface area contributed by atoms with E-state index in [1.165, 1.54) is 9.56 Å². The number of amides is 1. The molecule has 1 aromatic carbocycles. The molecule has 4 rings (SSSR count). The number of hydrogen-bond acceptors (Lipinski definition) is 5. The van der Waals surface area contributed by atoms with Crippen LogP contribution in [0.4, 0.5) is 0 Å². The maximum Gasteiger partial charge on any atom is 0.291 e. The summed E-state index contributed by atoms with van der Waals surface area (Å²) in [7, 11) is 0. The van der Waals surface area contributed by atoms with Crippen LogP contribution in [-0.4, -0.2) is 26.7 Å². The third kappa shape index (κ3) is 4.02. The summed E-state index contributed by atoms with van der Waals surface area (Å²) in [6.07, 6.45) is 2.55. The van der Waals surface area contributed by atoms with Crippen molar-refractivity contribution < 1.29 is 9.53 Å². The zero-order chi connectivity index (χ0) is 20.4. The Kier molecular flexibility index (Phi) is 5.35. The van der Waals surface area contributed by atoms with E-state index >= 15 is 0 Å². The minimum Gasteiger partial charge on any atom is -0.494 e. The molecule has 3 aromatic heterocycles. The molecule has 1 N–H and O–H groups in total. The summed E-state index contributed by atoms with van der Waals surface area (Å²) in [5.74, 6) is 0.549. The molecule has 29 heavy (non-hydrogen) atoms. The predicted octanol–water partition coefficient (Wildman–Crippen LogP) is 3.12. The summed E-state index contributed by atoms with van der Waals surface area (Å²) in [6.45, 7) is 5.03. The number of aryl methyl sites for hydroxylation is 1. The van der Waals surface area contributed by atoms with Crippen molar-refractivity contribution in [3.63, 3.8) is 0 Å². The molecule has 0 aliphatic rings. The molecule has 1 amide bonds. The first-order chi connectivity index (χ1) is 14.0. The van der Waals surface area contributed by atoms with Gasteiger partial charge in [0.25, 0.3) is 5.56 Å². The lowest BCUT2D eigenvalue weighted by atomic mass is 10.2. The quantitative estimate of drug-likeness (QED) is 0.508. The fourth-order valence-corrected chi connectivity index (χ4v) is 4.10. The fraction of sp³-hybridized carbons (Fsp3) is 0.286. The van der Waals surface area contributed by atoms with E-state index in [2.05, 4.69) is 17.3 Å². The first-order valence-electron chi connectivity index (χ1n) is 9.51. The van der Waals surface area contributed by atoms with E-state index in [1.807, 2.05) is 43.3 Å². The van der Waals surface area contributed by atoms with E-state index in [9.17, 15) is 9.59 Å². The van der Waals surface area contributed by atoms with Crippen LogP contribution < -0.4 is 15.6 Å². The molecule has 0 aliphatic carbocycles. The normalized spacial score (nSPS) is 11.2. The number of nitrogens with zero attached hydrogens (tertiary/aromatic N) is 3. The van der Waals surface area contributed by atoms with Crippen molar-refractivity contribution in [3.05, 3.63) is 63.5 Å². The van der Waals surface area contributed by atoms with Gasteiger partial charge in [-0.15, -0.1) is 11.3 Å². The highest BCUT2D eigenvalue weighted by molar-refractivity contribution is 7.19. The lowest BCUT2D eigenvalue weighted by molar-refractivity contribution is -0.122. The number of carbonyl (C=O) groups excluding carboxylic acids is 1. The van der Waals surface area contributed by atoms with Crippen molar-refractivity contribution >= 4 is 33.0 Å². The highest BCUT2D eigenvalue weighted by Gasteiger charge is 2.13. The van der Waals surface area contributed by atoms with Gasteiger partial charge >= 0.3 is 0 Å². The molecule has 0 unspecified atom stereocenters. The monoisotopic (exact) mass is 410 g/mol. The van der Waals surface area contributed by atoms with E-state index in [4.69, 9.17) is 4.74 Å². The number of fused-ring (bicyclic) bond motifs is 3. The van der Waals surface area contributed by atoms with Gasteiger partial charge in [-0.1, -0.05) is 19.1 Å². The van der Waals surface area contributed by atoms with Gasteiger partial charge in [0, 0.05) is 11.4 Å². The van der Waals surface area contributed by atoms with Gasteiger partial charge in [-0.25, -0.2) is 4.68 Å². The molecule has 0 atom stereocenters. The maximum atomic E-state index is 12.7. The van der Waals surface area contributed by atoms with Gasteiger partial charge in [0.15, 0.2) is 0 Å². The zero-order valence-electron chi connectivity index (χ0n) is 16.3. The summed E-state index contributed by atoms with van der Waals surface area (Å²) < 4.78 is 9.56. The van der Waals surface area contributed by atoms with Gasteiger partial charge in [-0.05, 0) is 43.2 Å². The Morgan fingerprint density at radius 3 is 2.76 bits per heavy atom. The lowest BCUT2D eigenvalue weighted by Gasteiger charge is -2.08. The Bertz CT molecular complexity index is 1220. The van der Waals surface area contributed by atoms with Crippen LogP contribution in [0.3, 0.4) is 0 Å². The minimum absolute atomic E-state index is 0.120. The van der Waals surface area contributed by atoms with Crippen LogP contribution in [0.5, 0.6) is 5.75 Å². The van der Waals surface area contributed by atoms with Gasteiger partial charge in [0.2, 0.25) is 5.91 Å². The minimum atomic E-state index is -0.277. The summed E-state index contributed by atoms with van der Waals surface area (Å²) >= 11 is 1.63. The smallest absolute Gasteiger partial charge is 0.291 e. The lowest BCUT2D eigenvalue weighted by Crippen LogP contribution is -2.33. The molecule has 8 heteroatoms. The predicted molar refractivity (Wildman–Crippen MR) is 114 cm³/mol. The number of benzene rings is 1. The van der Waals surface area contributed by atoms with Crippen molar-refractivity contribution in [2.75, 3.05) is 6.61 Å². The molecule has 3 heterocycles. The van der Waals surface area contributed by atoms with Gasteiger partial charge in [0.05, 0.1) is 16.8 Å². The Hall–Kier alpha value is -3.13. The Morgan fingerprint density at radius 2 is 2.00 bits per heavy atom. The van der Waals surface area contributed by atoms with Crippen molar-refractivity contribution in [1.82, 2.24) is 19.5 Å². The second-order valence-electron chi connectivity index (χ2n) is 6.87. The van der Waals surface area contributed by atoms with Crippen LogP contribution in [0.2, 0.25) is 0 Å². The molecule has 0 saturated heterocycles. The SMILES string of the molecule is CCCOc1ccc(CNC(=O)Cn2ncn3c(cc4sc(C)cc43)c2=O)cc1. The van der Waals surface area contributed by atoms with Crippen LogP contribution in [0, 0.1) is 6.92 Å². The van der Waals surface area contributed by atoms with Crippen LogP contribution in [-0.2, 0) is 17.9 Å². The topological polar surface area (TPSA) is 77.6 Å². The standard InChI is InChI=1S/C21H22N4O3S/c1-3-8-28-16-6-4-15(5-7-16)11-22-20(26)12-25-21(27)18-10-19-17(9-14(2)29-19)24(18)13-23-25/h4-7,9-10,13H,3,8,11-12H2,1-2H3,(H,22,26). The zero-order valence-corrected chi connectivity index (χ0v) is 17.2. The average Bonchev–Trinajstić information content (AvgIpc) is 3.24. The maximum absolute atomic E-state index is 12.7. The number of rotatable bonds is 7. The van der Waals surface area contributed by atoms with E-state index in [0.29, 0.717) is 18.7 Å². The van der Waals surface area contributed by atoms with Crippen molar-refractivity contribution in [2.45, 2.75) is 33.4 Å². The van der Waals surface area contributed by atoms with Crippen LogP contribution in [0.15, 0.2) is 47.5 Å². The second kappa shape index (κ2) is 8.08. The molecular formula is C21H22N4O3S. The Labute approximate surface area is 171 Å². The molecule has 0 spiro atoms. The van der Waals surface area contributed by atoms with Crippen LogP contribution in [0.1, 0.15) is 23.8 Å². The van der Waals surface area contributed by atoms with Crippen LogP contribution in [0.25, 0.3) is 15.7 Å². The molecule has 4 aromatic rings. The largest absolute Gasteiger partial charge is 0.494 e. The second-order valence-corrected chi connectivity index (χ2v) is 8.16. The summed E-state index contributed by atoms with van der Waals surface area (Å²) in [6, 6.07) is 11.5. The summed E-state index contributed by atoms with van der Waals surface area (Å²) in [5.41, 5.74) is 2.17. The number of ether oxygens (including phenoxy) is 1. The molecule has 0 radical (unpaired) electrons. The third-order valence-corrected chi connectivity index (χ3v) is 5.58. The number of hydrogen-bond donors (Lipinski definition) is 1. The van der Waals surface area contributed by atoms with E-state index < -0.39 is 0 Å². The molecule has 0 aliphatic heterocycles. The van der Waals surface area contributed by atoms with Crippen molar-refractivity contribution in [1.29, 1.82) is 0 Å². The first kappa shape index (κ1) is 19.2. The van der Waals surface area contributed by atoms with Gasteiger partial charge in [-0.3, -0.25) is 14.0 Å². The van der Waals surface area contributed by atoms with Crippen molar-refractivity contribution in [3.8, 4) is 5.75 Å². The number of aromatic nitrogens is 3. The van der Waals surface area contributed by atoms with E-state index in [-0.39, 0.29) is 18.0 Å². The highest BCUT2D eigenvalue weighted by atomic mass is 32.1. The Morgan fingerprint density at radius 1 is 1.21 bits per heavy atom. The third-order valence-electron chi connectivity index (χ3n) is 4.59. The number of nitrogens with one attached hydrogen (secondary N) is 1. The molecule has 7 nitrogen and oxygen atoms in total. The summed E-state index contributed by atoms with van der Waals surface area (Å²) in [4.78, 5) is 26.2. The first-order valence-corrected chi connectivity index (χ1v) is 10.3. The van der Waals surface area contributed by atoms with Gasteiger partial charge < -0.3 is 10.1 Å². The molecule has 0 bridgehead atoms. The molecule has 150 valence electrons. The molecular weight excluding hydrogens is 388 g/mol. The van der Waals surface area contributed by atoms with E-state index in [0.717, 1.165) is 28.0 Å². The van der Waals surface area contributed by atoms with Gasteiger partial charge in [0.1, 0.15) is 24.1 Å². The summed E-state index contributed by atoms with van der Waals surface area (Å²) in [5, 5.41) is 7.00. The van der Waals surface area contributed by atoms with Crippen LogP contribution >= 0.6 is 11.3 Å². The van der Waals surface area contributed by atoms with Gasteiger partial charge in [-0.2, -0.15) is 5.10 Å². The van der Waals surface area contributed by atoms with Crippen molar-refractivity contribution in [2.24, 2.45) is 0 Å². The number of carbonyl (C=O) groups is 1. The number of thiophene rings is 1.